The molecule has 31 heavy (non-hydrogen) atoms. The number of nitrogens with zero attached hydrogens (tertiary/aromatic N) is 3. The van der Waals surface area contributed by atoms with Crippen LogP contribution >= 0.6 is 35.3 Å². The van der Waals surface area contributed by atoms with Crippen LogP contribution in [0.4, 0.5) is 24.0 Å². The van der Waals surface area contributed by atoms with Gasteiger partial charge in [0.05, 0.1) is 10.6 Å². The smallest absolute Gasteiger partial charge is 0.370 e. The van der Waals surface area contributed by atoms with Gasteiger partial charge in [-0.05, 0) is 48.9 Å². The van der Waals surface area contributed by atoms with Crippen LogP contribution in [0.2, 0.25) is 0 Å². The molecule has 3 N–H and O–H groups in total. The van der Waals surface area contributed by atoms with Crippen LogP contribution < -0.4 is 20.9 Å². The lowest BCUT2D eigenvalue weighted by atomic mass is 10.1. The average Bonchev–Trinajstić information content (AvgIpc) is 3.28. The molecule has 0 saturated carbocycles. The van der Waals surface area contributed by atoms with Crippen molar-refractivity contribution in [1.82, 2.24) is 15.6 Å². The quantitative estimate of drug-likeness (QED) is 0.200. The first kappa shape index (κ1) is 25.5. The average molecular weight is 568 g/mol. The van der Waals surface area contributed by atoms with E-state index in [0.29, 0.717) is 24.9 Å². The highest BCUT2D eigenvalue weighted by molar-refractivity contribution is 14.0. The van der Waals surface area contributed by atoms with E-state index in [1.165, 1.54) is 11.1 Å². The topological polar surface area (TPSA) is 64.6 Å². The Morgan fingerprint density at radius 1 is 1.23 bits per heavy atom. The molecule has 0 unspecified atom stereocenters. The van der Waals surface area contributed by atoms with Crippen molar-refractivity contribution < 1.29 is 13.2 Å². The molecule has 0 bridgehead atoms. The number of alkyl halides is 3. The molecule has 0 atom stereocenters. The van der Waals surface area contributed by atoms with Crippen molar-refractivity contribution in [3.8, 4) is 0 Å². The molecule has 2 aromatic heterocycles. The molecule has 0 aliphatic carbocycles. The first-order valence-corrected chi connectivity index (χ1v) is 10.9. The molecule has 1 fully saturated rings. The van der Waals surface area contributed by atoms with Gasteiger partial charge in [-0.25, -0.2) is 4.98 Å². The Hall–Kier alpha value is -1.76. The lowest BCUT2D eigenvalue weighted by Gasteiger charge is -2.33. The fourth-order valence-corrected chi connectivity index (χ4v) is 4.05. The third-order valence-corrected chi connectivity index (χ3v) is 5.85. The molecule has 1 aliphatic heterocycles. The van der Waals surface area contributed by atoms with Crippen molar-refractivity contribution in [2.45, 2.75) is 31.5 Å². The minimum Gasteiger partial charge on any atom is -0.370 e. The SMILES string of the molecule is CN=C(NCCCNc1ccc(C(F)(F)F)cn1)NC1CCN(c2cccs2)CC1.I. The zero-order chi connectivity index (χ0) is 21.4. The molecular formula is C20H28F3IN6S. The number of pyridine rings is 1. The third-order valence-electron chi connectivity index (χ3n) is 4.92. The zero-order valence-electron chi connectivity index (χ0n) is 17.3. The first-order valence-electron chi connectivity index (χ1n) is 9.98. The minimum atomic E-state index is -4.36. The van der Waals surface area contributed by atoms with E-state index in [9.17, 15) is 13.2 Å². The van der Waals surface area contributed by atoms with Crippen LogP contribution in [0.5, 0.6) is 0 Å². The summed E-state index contributed by atoms with van der Waals surface area (Å²) >= 11 is 1.77. The van der Waals surface area contributed by atoms with Crippen molar-refractivity contribution in [2.24, 2.45) is 4.99 Å². The van der Waals surface area contributed by atoms with Gasteiger partial charge in [-0.15, -0.1) is 35.3 Å². The largest absolute Gasteiger partial charge is 0.417 e. The van der Waals surface area contributed by atoms with E-state index >= 15 is 0 Å². The van der Waals surface area contributed by atoms with Crippen molar-refractivity contribution in [3.63, 3.8) is 0 Å². The molecule has 0 radical (unpaired) electrons. The van der Waals surface area contributed by atoms with E-state index in [1.807, 2.05) is 0 Å². The monoisotopic (exact) mass is 568 g/mol. The second-order valence-electron chi connectivity index (χ2n) is 7.07. The van der Waals surface area contributed by atoms with Crippen molar-refractivity contribution in [2.75, 3.05) is 43.4 Å². The van der Waals surface area contributed by atoms with E-state index in [-0.39, 0.29) is 24.0 Å². The van der Waals surface area contributed by atoms with Gasteiger partial charge in [0.15, 0.2) is 5.96 Å². The summed E-state index contributed by atoms with van der Waals surface area (Å²) in [5.41, 5.74) is -0.745. The van der Waals surface area contributed by atoms with Gasteiger partial charge in [-0.1, -0.05) is 0 Å². The van der Waals surface area contributed by atoms with E-state index in [2.05, 4.69) is 48.3 Å². The highest BCUT2D eigenvalue weighted by Crippen LogP contribution is 2.28. The van der Waals surface area contributed by atoms with Gasteiger partial charge >= 0.3 is 6.18 Å². The predicted molar refractivity (Wildman–Crippen MR) is 132 cm³/mol. The highest BCUT2D eigenvalue weighted by Gasteiger charge is 2.30. The Kier molecular flexibility index (Phi) is 10.1. The number of aliphatic imine (C=N–C) groups is 1. The van der Waals surface area contributed by atoms with Gasteiger partial charge in [0.1, 0.15) is 5.82 Å². The maximum absolute atomic E-state index is 12.5. The van der Waals surface area contributed by atoms with Crippen LogP contribution in [0.3, 0.4) is 0 Å². The second kappa shape index (κ2) is 12.3. The predicted octanol–water partition coefficient (Wildman–Crippen LogP) is 4.42. The molecule has 1 aliphatic rings. The summed E-state index contributed by atoms with van der Waals surface area (Å²) in [6.45, 7) is 3.35. The summed E-state index contributed by atoms with van der Waals surface area (Å²) in [5, 5.41) is 13.2. The lowest BCUT2D eigenvalue weighted by molar-refractivity contribution is -0.137. The summed E-state index contributed by atoms with van der Waals surface area (Å²) in [6, 6.07) is 7.01. The fraction of sp³-hybridized carbons (Fsp3) is 0.500. The van der Waals surface area contributed by atoms with Gasteiger partial charge in [-0.2, -0.15) is 13.2 Å². The zero-order valence-corrected chi connectivity index (χ0v) is 20.4. The number of nitrogens with one attached hydrogen (secondary N) is 3. The number of rotatable bonds is 7. The molecule has 0 aromatic carbocycles. The molecule has 0 amide bonds. The molecule has 3 rings (SSSR count). The van der Waals surface area contributed by atoms with Gasteiger partial charge in [0.25, 0.3) is 0 Å². The molecule has 1 saturated heterocycles. The Labute approximate surface area is 201 Å². The van der Waals surface area contributed by atoms with E-state index < -0.39 is 11.7 Å². The summed E-state index contributed by atoms with van der Waals surface area (Å²) in [5.74, 6) is 1.21. The number of halogens is 4. The van der Waals surface area contributed by atoms with Gasteiger partial charge < -0.3 is 20.9 Å². The summed E-state index contributed by atoms with van der Waals surface area (Å²) in [6.07, 6.45) is -0.630. The van der Waals surface area contributed by atoms with Crippen LogP contribution in [0.15, 0.2) is 40.8 Å². The van der Waals surface area contributed by atoms with Crippen LogP contribution in [-0.4, -0.2) is 50.2 Å². The summed E-state index contributed by atoms with van der Waals surface area (Å²) < 4.78 is 37.6. The molecule has 11 heteroatoms. The van der Waals surface area contributed by atoms with E-state index in [1.54, 1.807) is 18.4 Å². The van der Waals surface area contributed by atoms with E-state index in [4.69, 9.17) is 0 Å². The minimum absolute atomic E-state index is 0. The fourth-order valence-electron chi connectivity index (χ4n) is 3.26. The van der Waals surface area contributed by atoms with Gasteiger partial charge in [-0.3, -0.25) is 4.99 Å². The van der Waals surface area contributed by atoms with E-state index in [0.717, 1.165) is 50.6 Å². The second-order valence-corrected chi connectivity index (χ2v) is 7.99. The van der Waals surface area contributed by atoms with Crippen molar-refractivity contribution >= 4 is 52.1 Å². The Bertz CT molecular complexity index is 790. The molecule has 2 aromatic rings. The number of guanidine groups is 1. The van der Waals surface area contributed by atoms with Crippen LogP contribution in [-0.2, 0) is 6.18 Å². The number of anilines is 2. The Morgan fingerprint density at radius 3 is 2.58 bits per heavy atom. The van der Waals surface area contributed by atoms with Crippen molar-refractivity contribution in [1.29, 1.82) is 0 Å². The van der Waals surface area contributed by atoms with Crippen LogP contribution in [0.25, 0.3) is 0 Å². The summed E-state index contributed by atoms with van der Waals surface area (Å²) in [4.78, 5) is 10.5. The number of thiophene rings is 1. The molecular weight excluding hydrogens is 540 g/mol. The lowest BCUT2D eigenvalue weighted by Crippen LogP contribution is -2.48. The van der Waals surface area contributed by atoms with Crippen LogP contribution in [0.1, 0.15) is 24.8 Å². The normalized spacial score (nSPS) is 15.4. The number of hydrogen-bond donors (Lipinski definition) is 3. The standard InChI is InChI=1S/C20H27F3N6S.HI/c1-24-19(28-16-7-11-29(12-8-16)18-4-2-13-30-18)26-10-3-9-25-17-6-5-15(14-27-17)20(21,22)23;/h2,4-6,13-14,16H,3,7-12H2,1H3,(H,25,27)(H2,24,26,28);1H. The first-order chi connectivity index (χ1) is 14.5. The third kappa shape index (κ3) is 8.02. The maximum atomic E-state index is 12.5. The van der Waals surface area contributed by atoms with Gasteiger partial charge in [0, 0.05) is 45.5 Å². The Balaban J connectivity index is 0.00000341. The van der Waals surface area contributed by atoms with Gasteiger partial charge in [0.2, 0.25) is 0 Å². The summed E-state index contributed by atoms with van der Waals surface area (Å²) in [7, 11) is 1.75. The van der Waals surface area contributed by atoms with Crippen LogP contribution in [0, 0.1) is 0 Å². The highest BCUT2D eigenvalue weighted by atomic mass is 127. The molecule has 0 spiro atoms. The number of piperidine rings is 1. The maximum Gasteiger partial charge on any atom is 0.417 e. The Morgan fingerprint density at radius 2 is 2.00 bits per heavy atom. The molecule has 6 nitrogen and oxygen atoms in total. The molecule has 172 valence electrons. The number of hydrogen-bond acceptors (Lipinski definition) is 5. The number of aromatic nitrogens is 1. The molecule has 3 heterocycles. The van der Waals surface area contributed by atoms with Crippen molar-refractivity contribution in [3.05, 3.63) is 41.4 Å².